The van der Waals surface area contributed by atoms with Gasteiger partial charge in [0.15, 0.2) is 5.65 Å². The van der Waals surface area contributed by atoms with Crippen LogP contribution in [0.15, 0.2) is 12.7 Å². The monoisotopic (exact) mass is 302 g/mol. The van der Waals surface area contributed by atoms with Crippen LogP contribution in [0.5, 0.6) is 11.6 Å². The van der Waals surface area contributed by atoms with Crippen LogP contribution in [-0.2, 0) is 0 Å². The molecule has 0 saturated heterocycles. The van der Waals surface area contributed by atoms with E-state index < -0.39 is 40.7 Å². The molecule has 0 aliphatic rings. The highest BCUT2D eigenvalue weighted by atomic mass is 19.2. The quantitative estimate of drug-likeness (QED) is 0.449. The Hall–Kier alpha value is -2.78. The lowest BCUT2D eigenvalue weighted by atomic mass is 10.2. The molecule has 0 aliphatic heterocycles. The Bertz CT molecular complexity index is 821. The number of H-pyrrole nitrogens is 1. The maximum absolute atomic E-state index is 13.5. The Morgan fingerprint density at radius 1 is 0.810 bits per heavy atom. The number of ether oxygens (including phenoxy) is 1. The van der Waals surface area contributed by atoms with E-state index in [-0.39, 0.29) is 11.2 Å². The van der Waals surface area contributed by atoms with Crippen LogP contribution in [0, 0.1) is 29.1 Å². The molecular formula is C11H3F5N4O. The van der Waals surface area contributed by atoms with E-state index in [1.807, 2.05) is 0 Å². The second-order valence-corrected chi connectivity index (χ2v) is 3.78. The van der Waals surface area contributed by atoms with Gasteiger partial charge < -0.3 is 9.72 Å². The molecule has 3 aromatic rings. The molecule has 0 aliphatic carbocycles. The van der Waals surface area contributed by atoms with Crippen molar-refractivity contribution in [2.75, 3.05) is 0 Å². The molecule has 0 atom stereocenters. The van der Waals surface area contributed by atoms with E-state index in [4.69, 9.17) is 4.74 Å². The van der Waals surface area contributed by atoms with Crippen molar-refractivity contribution in [1.82, 2.24) is 19.9 Å². The molecule has 5 nitrogen and oxygen atoms in total. The van der Waals surface area contributed by atoms with Crippen molar-refractivity contribution < 1.29 is 26.7 Å². The number of aromatic nitrogens is 4. The van der Waals surface area contributed by atoms with Crippen LogP contribution in [-0.4, -0.2) is 19.9 Å². The number of imidazole rings is 1. The van der Waals surface area contributed by atoms with Gasteiger partial charge in [-0.05, 0) is 0 Å². The fourth-order valence-electron chi connectivity index (χ4n) is 1.59. The Balaban J connectivity index is 2.17. The minimum absolute atomic E-state index is 0.0430. The van der Waals surface area contributed by atoms with Crippen LogP contribution in [0.25, 0.3) is 11.2 Å². The highest BCUT2D eigenvalue weighted by Gasteiger charge is 2.28. The summed E-state index contributed by atoms with van der Waals surface area (Å²) < 4.78 is 70.8. The lowest BCUT2D eigenvalue weighted by Crippen LogP contribution is -2.05. The van der Waals surface area contributed by atoms with E-state index in [1.54, 1.807) is 0 Å². The molecular weight excluding hydrogens is 299 g/mol. The van der Waals surface area contributed by atoms with Crippen LogP contribution < -0.4 is 4.74 Å². The van der Waals surface area contributed by atoms with Crippen molar-refractivity contribution in [3.8, 4) is 11.6 Å². The summed E-state index contributed by atoms with van der Waals surface area (Å²) in [5.74, 6) is -12.6. The summed E-state index contributed by atoms with van der Waals surface area (Å²) in [6, 6.07) is 0. The minimum atomic E-state index is -2.27. The fourth-order valence-corrected chi connectivity index (χ4v) is 1.59. The maximum atomic E-state index is 13.5. The summed E-state index contributed by atoms with van der Waals surface area (Å²) in [6.07, 6.45) is 2.16. The van der Waals surface area contributed by atoms with Crippen LogP contribution >= 0.6 is 0 Å². The fraction of sp³-hybridized carbons (Fsp3) is 0. The summed E-state index contributed by atoms with van der Waals surface area (Å²) in [5.41, 5.74) is 0.144. The van der Waals surface area contributed by atoms with Gasteiger partial charge in [-0.1, -0.05) is 0 Å². The van der Waals surface area contributed by atoms with E-state index in [1.165, 1.54) is 6.33 Å². The van der Waals surface area contributed by atoms with Gasteiger partial charge in [0.1, 0.15) is 11.8 Å². The zero-order chi connectivity index (χ0) is 15.1. The highest BCUT2D eigenvalue weighted by molar-refractivity contribution is 5.75. The molecule has 108 valence electrons. The van der Waals surface area contributed by atoms with Gasteiger partial charge in [-0.15, -0.1) is 0 Å². The third kappa shape index (κ3) is 1.95. The number of rotatable bonds is 2. The number of hydrogen-bond donors (Lipinski definition) is 1. The smallest absolute Gasteiger partial charge is 0.248 e. The zero-order valence-electron chi connectivity index (χ0n) is 9.79. The number of nitrogens with zero attached hydrogens (tertiary/aromatic N) is 3. The van der Waals surface area contributed by atoms with Crippen molar-refractivity contribution in [3.63, 3.8) is 0 Å². The predicted molar refractivity (Wildman–Crippen MR) is 58.0 cm³/mol. The van der Waals surface area contributed by atoms with E-state index in [0.29, 0.717) is 0 Å². The number of nitrogens with one attached hydrogen (secondary N) is 1. The van der Waals surface area contributed by atoms with Crippen molar-refractivity contribution in [2.45, 2.75) is 0 Å². The lowest BCUT2D eigenvalue weighted by molar-refractivity contribution is 0.329. The van der Waals surface area contributed by atoms with Crippen molar-refractivity contribution in [3.05, 3.63) is 41.7 Å². The lowest BCUT2D eigenvalue weighted by Gasteiger charge is -2.09. The van der Waals surface area contributed by atoms with Gasteiger partial charge >= 0.3 is 0 Å². The molecule has 0 unspecified atom stereocenters. The first-order chi connectivity index (χ1) is 10.0. The Morgan fingerprint density at radius 2 is 1.43 bits per heavy atom. The average molecular weight is 302 g/mol. The molecule has 3 rings (SSSR count). The van der Waals surface area contributed by atoms with Crippen LogP contribution in [0.1, 0.15) is 0 Å². The number of halogens is 5. The molecule has 10 heteroatoms. The van der Waals surface area contributed by atoms with Crippen molar-refractivity contribution in [1.29, 1.82) is 0 Å². The molecule has 0 fully saturated rings. The number of fused-ring (bicyclic) bond motifs is 1. The summed E-state index contributed by atoms with van der Waals surface area (Å²) in [4.78, 5) is 13.5. The average Bonchev–Trinajstić information content (AvgIpc) is 2.97. The van der Waals surface area contributed by atoms with Crippen molar-refractivity contribution >= 4 is 11.2 Å². The zero-order valence-corrected chi connectivity index (χ0v) is 9.79. The van der Waals surface area contributed by atoms with Gasteiger partial charge in [0, 0.05) is 0 Å². The van der Waals surface area contributed by atoms with Gasteiger partial charge in [0.05, 0.1) is 6.33 Å². The second-order valence-electron chi connectivity index (χ2n) is 3.78. The standard InChI is InChI=1S/C11H3F5N4O/c12-3-4(13)6(15)9(7(16)5(3)14)21-11-8-10(18-1-17-8)19-2-20-11/h1-2H,(H,17,18,19,20). The minimum Gasteiger partial charge on any atom is -0.430 e. The highest BCUT2D eigenvalue weighted by Crippen LogP contribution is 2.33. The molecule has 2 aromatic heterocycles. The largest absolute Gasteiger partial charge is 0.430 e. The number of aromatic amines is 1. The third-order valence-corrected chi connectivity index (χ3v) is 2.56. The summed E-state index contributed by atoms with van der Waals surface area (Å²) in [5, 5.41) is 0. The third-order valence-electron chi connectivity index (χ3n) is 2.56. The summed E-state index contributed by atoms with van der Waals surface area (Å²) in [7, 11) is 0. The Morgan fingerprint density at radius 3 is 2.10 bits per heavy atom. The molecule has 1 N–H and O–H groups in total. The summed E-state index contributed by atoms with van der Waals surface area (Å²) >= 11 is 0. The van der Waals surface area contributed by atoms with Crippen LogP contribution in [0.4, 0.5) is 22.0 Å². The molecule has 0 amide bonds. The van der Waals surface area contributed by atoms with Gasteiger partial charge in [0.25, 0.3) is 0 Å². The Kier molecular flexibility index (Phi) is 2.92. The Labute approximate surface area is 112 Å². The topological polar surface area (TPSA) is 63.7 Å². The normalized spacial score (nSPS) is 11.1. The molecule has 0 spiro atoms. The first-order valence-electron chi connectivity index (χ1n) is 5.34. The molecule has 1 aromatic carbocycles. The first kappa shape index (κ1) is 13.2. The van der Waals surface area contributed by atoms with Gasteiger partial charge in [-0.2, -0.15) is 13.8 Å². The SMILES string of the molecule is Fc1c(F)c(F)c(Oc2ncnc3nc[nH]c23)c(F)c1F. The van der Waals surface area contributed by atoms with Gasteiger partial charge in [-0.3, -0.25) is 0 Å². The first-order valence-corrected chi connectivity index (χ1v) is 5.34. The molecule has 2 heterocycles. The molecule has 21 heavy (non-hydrogen) atoms. The van der Waals surface area contributed by atoms with E-state index in [0.717, 1.165) is 6.33 Å². The second kappa shape index (κ2) is 4.65. The maximum Gasteiger partial charge on any atom is 0.248 e. The molecule has 0 saturated carbocycles. The predicted octanol–water partition coefficient (Wildman–Crippen LogP) is 2.84. The number of benzene rings is 1. The van der Waals surface area contributed by atoms with Gasteiger partial charge in [0.2, 0.25) is 40.7 Å². The van der Waals surface area contributed by atoms with Gasteiger partial charge in [-0.25, -0.2) is 23.1 Å². The van der Waals surface area contributed by atoms with Crippen molar-refractivity contribution in [2.24, 2.45) is 0 Å². The van der Waals surface area contributed by atoms with E-state index in [2.05, 4.69) is 19.9 Å². The number of hydrogen-bond acceptors (Lipinski definition) is 4. The van der Waals surface area contributed by atoms with E-state index in [9.17, 15) is 22.0 Å². The van der Waals surface area contributed by atoms with Crippen LogP contribution in [0.3, 0.4) is 0 Å². The summed E-state index contributed by atoms with van der Waals surface area (Å²) in [6.45, 7) is 0. The molecule has 0 radical (unpaired) electrons. The molecule has 0 bridgehead atoms. The van der Waals surface area contributed by atoms with Crippen LogP contribution in [0.2, 0.25) is 0 Å². The van der Waals surface area contributed by atoms with E-state index >= 15 is 0 Å².